The summed E-state index contributed by atoms with van der Waals surface area (Å²) < 4.78 is 15.3. The number of nitrogens with one attached hydrogen (secondary N) is 1. The average molecular weight is 273 g/mol. The first-order chi connectivity index (χ1) is 9.65. The topological polar surface area (TPSA) is 46.9 Å². The van der Waals surface area contributed by atoms with Crippen LogP contribution in [0.3, 0.4) is 0 Å². The molecular formula is C15H16FN3O. The standard InChI is InChI=1S/C15H16FN3O/c1-19-8-7-17-14(19)13(18-15(20)10-5-6-10)11-3-2-4-12(16)9-11/h2-4,7-10,13H,5-6H2,1H3,(H,18,20). The highest BCUT2D eigenvalue weighted by molar-refractivity contribution is 5.81. The van der Waals surface area contributed by atoms with Crippen LogP contribution in [0.15, 0.2) is 36.7 Å². The summed E-state index contributed by atoms with van der Waals surface area (Å²) in [5.74, 6) is 0.501. The number of halogens is 1. The van der Waals surface area contributed by atoms with Crippen molar-refractivity contribution >= 4 is 5.91 Å². The van der Waals surface area contributed by atoms with Crippen molar-refractivity contribution in [3.8, 4) is 0 Å². The quantitative estimate of drug-likeness (QED) is 0.928. The Morgan fingerprint density at radius 3 is 2.90 bits per heavy atom. The van der Waals surface area contributed by atoms with Gasteiger partial charge in [-0.25, -0.2) is 9.37 Å². The third-order valence-corrected chi connectivity index (χ3v) is 3.53. The van der Waals surface area contributed by atoms with Crippen molar-refractivity contribution in [3.05, 3.63) is 53.9 Å². The number of aryl methyl sites for hydroxylation is 1. The van der Waals surface area contributed by atoms with Gasteiger partial charge in [-0.1, -0.05) is 12.1 Å². The van der Waals surface area contributed by atoms with Gasteiger partial charge < -0.3 is 9.88 Å². The summed E-state index contributed by atoms with van der Waals surface area (Å²) in [6, 6.07) is 5.85. The largest absolute Gasteiger partial charge is 0.342 e. The van der Waals surface area contributed by atoms with Gasteiger partial charge in [-0.2, -0.15) is 0 Å². The third-order valence-electron chi connectivity index (χ3n) is 3.53. The van der Waals surface area contributed by atoms with Gasteiger partial charge in [0.1, 0.15) is 17.7 Å². The van der Waals surface area contributed by atoms with E-state index in [-0.39, 0.29) is 17.6 Å². The zero-order valence-electron chi connectivity index (χ0n) is 11.2. The van der Waals surface area contributed by atoms with Gasteiger partial charge in [-0.05, 0) is 30.5 Å². The number of nitrogens with zero attached hydrogens (tertiary/aromatic N) is 2. The Morgan fingerprint density at radius 1 is 1.50 bits per heavy atom. The first kappa shape index (κ1) is 12.8. The molecule has 1 aliphatic carbocycles. The van der Waals surface area contributed by atoms with Crippen molar-refractivity contribution in [2.45, 2.75) is 18.9 Å². The van der Waals surface area contributed by atoms with Crippen LogP contribution in [-0.4, -0.2) is 15.5 Å². The summed E-state index contributed by atoms with van der Waals surface area (Å²) in [6.45, 7) is 0. The van der Waals surface area contributed by atoms with Crippen LogP contribution in [0.4, 0.5) is 4.39 Å². The molecule has 4 nitrogen and oxygen atoms in total. The summed E-state index contributed by atoms with van der Waals surface area (Å²) in [5.41, 5.74) is 0.702. The molecule has 0 spiro atoms. The van der Waals surface area contributed by atoms with Gasteiger partial charge in [0.25, 0.3) is 0 Å². The first-order valence-corrected chi connectivity index (χ1v) is 6.68. The Bertz CT molecular complexity index is 634. The minimum Gasteiger partial charge on any atom is -0.342 e. The zero-order valence-corrected chi connectivity index (χ0v) is 11.2. The van der Waals surface area contributed by atoms with E-state index in [0.717, 1.165) is 12.8 Å². The molecule has 0 saturated heterocycles. The molecule has 0 radical (unpaired) electrons. The highest BCUT2D eigenvalue weighted by Gasteiger charge is 2.32. The Labute approximate surface area is 116 Å². The molecule has 1 aliphatic rings. The molecule has 1 aromatic heterocycles. The molecule has 1 heterocycles. The van der Waals surface area contributed by atoms with Crippen LogP contribution in [0.1, 0.15) is 30.3 Å². The van der Waals surface area contributed by atoms with Gasteiger partial charge >= 0.3 is 0 Å². The van der Waals surface area contributed by atoms with Crippen LogP contribution in [-0.2, 0) is 11.8 Å². The minimum absolute atomic E-state index is 0.0160. The van der Waals surface area contributed by atoms with Crippen LogP contribution in [0, 0.1) is 11.7 Å². The molecule has 3 rings (SSSR count). The maximum Gasteiger partial charge on any atom is 0.223 e. The molecule has 20 heavy (non-hydrogen) atoms. The number of amides is 1. The van der Waals surface area contributed by atoms with Gasteiger partial charge in [0.2, 0.25) is 5.91 Å². The van der Waals surface area contributed by atoms with Crippen molar-refractivity contribution in [1.29, 1.82) is 0 Å². The molecule has 1 N–H and O–H groups in total. The van der Waals surface area contributed by atoms with Gasteiger partial charge in [0.15, 0.2) is 0 Å². The average Bonchev–Trinajstić information content (AvgIpc) is 3.19. The second kappa shape index (κ2) is 5.07. The van der Waals surface area contributed by atoms with Crippen molar-refractivity contribution in [1.82, 2.24) is 14.9 Å². The number of rotatable bonds is 4. The smallest absolute Gasteiger partial charge is 0.223 e. The summed E-state index contributed by atoms with van der Waals surface area (Å²) in [4.78, 5) is 16.3. The van der Waals surface area contributed by atoms with E-state index in [9.17, 15) is 9.18 Å². The Kier molecular flexibility index (Phi) is 3.26. The normalized spacial score (nSPS) is 15.9. The fraction of sp³-hybridized carbons (Fsp3) is 0.333. The predicted molar refractivity (Wildman–Crippen MR) is 72.3 cm³/mol. The molecule has 1 saturated carbocycles. The lowest BCUT2D eigenvalue weighted by Gasteiger charge is -2.19. The Morgan fingerprint density at radius 2 is 2.30 bits per heavy atom. The Balaban J connectivity index is 1.94. The summed E-state index contributed by atoms with van der Waals surface area (Å²) in [7, 11) is 1.86. The fourth-order valence-corrected chi connectivity index (χ4v) is 2.24. The van der Waals surface area contributed by atoms with Gasteiger partial charge in [0, 0.05) is 25.4 Å². The second-order valence-electron chi connectivity index (χ2n) is 5.17. The molecule has 0 aliphatic heterocycles. The van der Waals surface area contributed by atoms with Gasteiger partial charge in [0.05, 0.1) is 0 Å². The lowest BCUT2D eigenvalue weighted by atomic mass is 10.1. The summed E-state index contributed by atoms with van der Waals surface area (Å²) in [6.07, 6.45) is 5.35. The van der Waals surface area contributed by atoms with Crippen LogP contribution < -0.4 is 5.32 Å². The van der Waals surface area contributed by atoms with E-state index in [1.165, 1.54) is 12.1 Å². The molecule has 1 fully saturated rings. The van der Waals surface area contributed by atoms with Crippen LogP contribution in [0.2, 0.25) is 0 Å². The maximum atomic E-state index is 13.4. The molecular weight excluding hydrogens is 257 g/mol. The van der Waals surface area contributed by atoms with E-state index < -0.39 is 6.04 Å². The van der Waals surface area contributed by atoms with Crippen LogP contribution in [0.25, 0.3) is 0 Å². The number of carbonyl (C=O) groups excluding carboxylic acids is 1. The molecule has 1 amide bonds. The number of imidazole rings is 1. The third kappa shape index (κ3) is 2.57. The van der Waals surface area contributed by atoms with Gasteiger partial charge in [-0.15, -0.1) is 0 Å². The predicted octanol–water partition coefficient (Wildman–Crippen LogP) is 2.17. The van der Waals surface area contributed by atoms with E-state index in [2.05, 4.69) is 10.3 Å². The van der Waals surface area contributed by atoms with E-state index in [1.54, 1.807) is 18.3 Å². The summed E-state index contributed by atoms with van der Waals surface area (Å²) >= 11 is 0. The Hall–Kier alpha value is -2.17. The van der Waals surface area contributed by atoms with Crippen molar-refractivity contribution in [2.24, 2.45) is 13.0 Å². The molecule has 1 atom stereocenters. The highest BCUT2D eigenvalue weighted by atomic mass is 19.1. The molecule has 1 unspecified atom stereocenters. The van der Waals surface area contributed by atoms with Crippen molar-refractivity contribution in [3.63, 3.8) is 0 Å². The highest BCUT2D eigenvalue weighted by Crippen LogP contribution is 2.31. The molecule has 5 heteroatoms. The molecule has 1 aromatic carbocycles. The van der Waals surface area contributed by atoms with Gasteiger partial charge in [-0.3, -0.25) is 4.79 Å². The van der Waals surface area contributed by atoms with E-state index in [0.29, 0.717) is 11.4 Å². The van der Waals surface area contributed by atoms with Crippen molar-refractivity contribution < 1.29 is 9.18 Å². The van der Waals surface area contributed by atoms with Crippen LogP contribution >= 0.6 is 0 Å². The van der Waals surface area contributed by atoms with Crippen LogP contribution in [0.5, 0.6) is 0 Å². The minimum atomic E-state index is -0.418. The fourth-order valence-electron chi connectivity index (χ4n) is 2.24. The lowest BCUT2D eigenvalue weighted by Crippen LogP contribution is -2.32. The van der Waals surface area contributed by atoms with Crippen molar-refractivity contribution in [2.75, 3.05) is 0 Å². The number of carbonyl (C=O) groups is 1. The second-order valence-corrected chi connectivity index (χ2v) is 5.17. The number of hydrogen-bond donors (Lipinski definition) is 1. The summed E-state index contributed by atoms with van der Waals surface area (Å²) in [5, 5.41) is 2.98. The number of aromatic nitrogens is 2. The first-order valence-electron chi connectivity index (χ1n) is 6.68. The molecule has 0 bridgehead atoms. The van der Waals surface area contributed by atoms with E-state index in [1.807, 2.05) is 17.8 Å². The van der Waals surface area contributed by atoms with E-state index in [4.69, 9.17) is 0 Å². The lowest BCUT2D eigenvalue weighted by molar-refractivity contribution is -0.122. The molecule has 2 aromatic rings. The molecule has 104 valence electrons. The number of benzene rings is 1. The van der Waals surface area contributed by atoms with E-state index >= 15 is 0 Å². The number of hydrogen-bond acceptors (Lipinski definition) is 2. The SMILES string of the molecule is Cn1ccnc1C(NC(=O)C1CC1)c1cccc(F)c1. The zero-order chi connectivity index (χ0) is 14.1. The monoisotopic (exact) mass is 273 g/mol. The maximum absolute atomic E-state index is 13.4.